The zero-order valence-corrected chi connectivity index (χ0v) is 13.6. The van der Waals surface area contributed by atoms with Crippen molar-refractivity contribution < 1.29 is 9.13 Å². The van der Waals surface area contributed by atoms with E-state index < -0.39 is 0 Å². The number of benzene rings is 1. The molecule has 0 bridgehead atoms. The largest absolute Gasteiger partial charge is 0.374 e. The molecule has 1 aliphatic heterocycles. The zero-order chi connectivity index (χ0) is 16.9. The van der Waals surface area contributed by atoms with Crippen LogP contribution in [0.25, 0.3) is 0 Å². The van der Waals surface area contributed by atoms with Gasteiger partial charge in [0.25, 0.3) is 5.56 Å². The lowest BCUT2D eigenvalue weighted by molar-refractivity contribution is -0.0243. The predicted molar refractivity (Wildman–Crippen MR) is 89.4 cm³/mol. The highest BCUT2D eigenvalue weighted by Crippen LogP contribution is 2.13. The molecule has 1 aromatic carbocycles. The first-order valence-corrected chi connectivity index (χ1v) is 7.96. The van der Waals surface area contributed by atoms with E-state index in [4.69, 9.17) is 4.74 Å². The van der Waals surface area contributed by atoms with Gasteiger partial charge in [0.05, 0.1) is 12.7 Å². The molecule has 0 spiro atoms. The summed E-state index contributed by atoms with van der Waals surface area (Å²) < 4.78 is 21.0. The fraction of sp³-hybridized carbons (Fsp3) is 0.412. The van der Waals surface area contributed by atoms with Crippen LogP contribution in [0.3, 0.4) is 0 Å². The highest BCUT2D eigenvalue weighted by Gasteiger charge is 2.21. The molecule has 0 radical (unpaired) electrons. The molecule has 3 rings (SSSR count). The molecule has 0 saturated carbocycles. The summed E-state index contributed by atoms with van der Waals surface area (Å²) >= 11 is 0. The lowest BCUT2D eigenvalue weighted by Gasteiger charge is -2.33. The van der Waals surface area contributed by atoms with Crippen LogP contribution in [0.5, 0.6) is 0 Å². The van der Waals surface area contributed by atoms with Crippen LogP contribution < -0.4 is 10.9 Å². The van der Waals surface area contributed by atoms with Crippen LogP contribution in [0.4, 0.5) is 10.2 Å². The quantitative estimate of drug-likeness (QED) is 0.892. The van der Waals surface area contributed by atoms with Crippen LogP contribution in [0.2, 0.25) is 0 Å². The fourth-order valence-electron chi connectivity index (χ4n) is 2.74. The number of hydrogen-bond acceptors (Lipinski definition) is 5. The molecular formula is C17H21FN4O2. The Hall–Kier alpha value is -2.25. The predicted octanol–water partition coefficient (Wildman–Crippen LogP) is 1.23. The molecule has 2 aromatic rings. The van der Waals surface area contributed by atoms with Crippen molar-refractivity contribution >= 4 is 5.82 Å². The van der Waals surface area contributed by atoms with E-state index in [9.17, 15) is 9.18 Å². The minimum atomic E-state index is -0.185. The van der Waals surface area contributed by atoms with Crippen LogP contribution in [-0.2, 0) is 18.3 Å². The van der Waals surface area contributed by atoms with Crippen molar-refractivity contribution in [1.82, 2.24) is 14.5 Å². The molecule has 1 aliphatic rings. The van der Waals surface area contributed by atoms with Gasteiger partial charge in [0.2, 0.25) is 0 Å². The highest BCUT2D eigenvalue weighted by molar-refractivity contribution is 5.30. The number of aryl methyl sites for hydroxylation is 1. The number of hydrogen-bond donors (Lipinski definition) is 1. The van der Waals surface area contributed by atoms with Crippen molar-refractivity contribution in [2.75, 3.05) is 31.6 Å². The Kier molecular flexibility index (Phi) is 5.22. The SMILES string of the molecule is Cn1ccnc(NCC2CN(Cc3ccccc3F)CCO2)c1=O. The van der Waals surface area contributed by atoms with E-state index in [1.807, 2.05) is 6.07 Å². The van der Waals surface area contributed by atoms with Crippen molar-refractivity contribution in [3.05, 3.63) is 58.4 Å². The Bertz CT molecular complexity index is 749. The topological polar surface area (TPSA) is 59.4 Å². The van der Waals surface area contributed by atoms with Gasteiger partial charge >= 0.3 is 0 Å². The maximum atomic E-state index is 13.8. The molecule has 0 aliphatic carbocycles. The van der Waals surface area contributed by atoms with Crippen molar-refractivity contribution in [1.29, 1.82) is 0 Å². The van der Waals surface area contributed by atoms with E-state index in [0.29, 0.717) is 37.6 Å². The summed E-state index contributed by atoms with van der Waals surface area (Å²) in [5, 5.41) is 3.05. The van der Waals surface area contributed by atoms with Gasteiger partial charge < -0.3 is 14.6 Å². The summed E-state index contributed by atoms with van der Waals surface area (Å²) in [6.45, 7) is 3.06. The van der Waals surface area contributed by atoms with Crippen molar-refractivity contribution in [3.63, 3.8) is 0 Å². The molecule has 1 unspecified atom stereocenters. The zero-order valence-electron chi connectivity index (χ0n) is 13.6. The van der Waals surface area contributed by atoms with Crippen molar-refractivity contribution in [3.8, 4) is 0 Å². The van der Waals surface area contributed by atoms with E-state index in [0.717, 1.165) is 6.54 Å². The summed E-state index contributed by atoms with van der Waals surface area (Å²) in [6.07, 6.45) is 3.12. The Morgan fingerprint density at radius 1 is 1.42 bits per heavy atom. The van der Waals surface area contributed by atoms with Gasteiger partial charge in [0.15, 0.2) is 5.82 Å². The maximum Gasteiger partial charge on any atom is 0.293 e. The van der Waals surface area contributed by atoms with Crippen molar-refractivity contribution in [2.45, 2.75) is 12.6 Å². The first-order chi connectivity index (χ1) is 11.6. The number of ether oxygens (including phenoxy) is 1. The molecule has 1 N–H and O–H groups in total. The first kappa shape index (κ1) is 16.6. The second-order valence-electron chi connectivity index (χ2n) is 5.89. The molecule has 1 fully saturated rings. The second kappa shape index (κ2) is 7.55. The molecule has 7 heteroatoms. The van der Waals surface area contributed by atoms with Crippen LogP contribution in [0, 0.1) is 5.82 Å². The average molecular weight is 332 g/mol. The molecule has 128 valence electrons. The normalized spacial score (nSPS) is 18.5. The summed E-state index contributed by atoms with van der Waals surface area (Å²) in [4.78, 5) is 18.1. The smallest absolute Gasteiger partial charge is 0.293 e. The van der Waals surface area contributed by atoms with Gasteiger partial charge in [-0.25, -0.2) is 9.37 Å². The molecule has 6 nitrogen and oxygen atoms in total. The van der Waals surface area contributed by atoms with E-state index in [-0.39, 0.29) is 17.5 Å². The lowest BCUT2D eigenvalue weighted by atomic mass is 10.1. The van der Waals surface area contributed by atoms with Gasteiger partial charge in [0.1, 0.15) is 5.82 Å². The van der Waals surface area contributed by atoms with Crippen molar-refractivity contribution in [2.24, 2.45) is 7.05 Å². The number of anilines is 1. The van der Waals surface area contributed by atoms with Crippen LogP contribution in [0.1, 0.15) is 5.56 Å². The molecule has 2 heterocycles. The Labute approximate surface area is 139 Å². The highest BCUT2D eigenvalue weighted by atomic mass is 19.1. The van der Waals surface area contributed by atoms with Crippen LogP contribution in [-0.4, -0.2) is 46.8 Å². The number of aromatic nitrogens is 2. The fourth-order valence-corrected chi connectivity index (χ4v) is 2.74. The maximum absolute atomic E-state index is 13.8. The lowest BCUT2D eigenvalue weighted by Crippen LogP contribution is -2.45. The minimum absolute atomic E-state index is 0.0720. The van der Waals surface area contributed by atoms with Gasteiger partial charge in [-0.05, 0) is 6.07 Å². The van der Waals surface area contributed by atoms with Crippen LogP contribution >= 0.6 is 0 Å². The molecule has 0 amide bonds. The first-order valence-electron chi connectivity index (χ1n) is 7.96. The average Bonchev–Trinajstić information content (AvgIpc) is 2.59. The van der Waals surface area contributed by atoms with E-state index in [1.165, 1.54) is 10.6 Å². The number of halogens is 1. The van der Waals surface area contributed by atoms with Gasteiger partial charge in [-0.3, -0.25) is 9.69 Å². The third kappa shape index (κ3) is 3.98. The monoisotopic (exact) mass is 332 g/mol. The minimum Gasteiger partial charge on any atom is -0.374 e. The third-order valence-electron chi connectivity index (χ3n) is 4.09. The van der Waals surface area contributed by atoms with Gasteiger partial charge in [0, 0.05) is 51.2 Å². The molecule has 1 atom stereocenters. The summed E-state index contributed by atoms with van der Waals surface area (Å²) in [6, 6.07) is 6.81. The Morgan fingerprint density at radius 2 is 2.25 bits per heavy atom. The van der Waals surface area contributed by atoms with E-state index in [2.05, 4.69) is 15.2 Å². The van der Waals surface area contributed by atoms with Crippen LogP contribution in [0.15, 0.2) is 41.5 Å². The standard InChI is InChI=1S/C17H21FN4O2/c1-21-7-6-19-16(17(21)23)20-10-14-12-22(8-9-24-14)11-13-4-2-3-5-15(13)18/h2-7,14H,8-12H2,1H3,(H,19,20). The van der Waals surface area contributed by atoms with Gasteiger partial charge in [-0.15, -0.1) is 0 Å². The summed E-state index contributed by atoms with van der Waals surface area (Å²) in [5.74, 6) is 0.130. The molecule has 1 saturated heterocycles. The number of morpholine rings is 1. The second-order valence-corrected chi connectivity index (χ2v) is 5.89. The Balaban J connectivity index is 1.57. The number of nitrogens with one attached hydrogen (secondary N) is 1. The Morgan fingerprint density at radius 3 is 3.08 bits per heavy atom. The third-order valence-corrected chi connectivity index (χ3v) is 4.09. The number of nitrogens with zero attached hydrogens (tertiary/aromatic N) is 3. The summed E-state index contributed by atoms with van der Waals surface area (Å²) in [7, 11) is 1.68. The van der Waals surface area contributed by atoms with Gasteiger partial charge in [-0.2, -0.15) is 0 Å². The molecule has 24 heavy (non-hydrogen) atoms. The van der Waals surface area contributed by atoms with Gasteiger partial charge in [-0.1, -0.05) is 18.2 Å². The van der Waals surface area contributed by atoms with E-state index >= 15 is 0 Å². The van der Waals surface area contributed by atoms with E-state index in [1.54, 1.807) is 31.6 Å². The summed E-state index contributed by atoms with van der Waals surface area (Å²) in [5.41, 5.74) is 0.515. The number of rotatable bonds is 5. The molecule has 1 aromatic heterocycles. The molecular weight excluding hydrogens is 311 g/mol.